The minimum atomic E-state index is -0.281. The number of benzene rings is 2. The predicted molar refractivity (Wildman–Crippen MR) is 93.0 cm³/mol. The fourth-order valence-corrected chi connectivity index (χ4v) is 2.71. The van der Waals surface area contributed by atoms with Crippen molar-refractivity contribution in [1.29, 1.82) is 0 Å². The van der Waals surface area contributed by atoms with Gasteiger partial charge < -0.3 is 0 Å². The van der Waals surface area contributed by atoms with Crippen molar-refractivity contribution in [3.8, 4) is 0 Å². The molecule has 0 saturated heterocycles. The zero-order chi connectivity index (χ0) is 17.1. The zero-order valence-electron chi connectivity index (χ0n) is 13.8. The fourth-order valence-electron chi connectivity index (χ4n) is 2.71. The van der Waals surface area contributed by atoms with Gasteiger partial charge in [0.1, 0.15) is 12.1 Å². The standard InChI is InChI=1S/C19H19N3O2/c1-13-7-9-15(10-8-13)14(2)11-16(23)12-22-19(24)17-5-3-4-6-18(17)20-21-22/h3-10,14H,11-12H2,1-2H3/t14-/m0/s1. The van der Waals surface area contributed by atoms with E-state index in [0.29, 0.717) is 17.3 Å². The van der Waals surface area contributed by atoms with E-state index in [1.807, 2.05) is 38.1 Å². The molecule has 1 atom stereocenters. The van der Waals surface area contributed by atoms with E-state index in [1.165, 1.54) is 5.56 Å². The van der Waals surface area contributed by atoms with Gasteiger partial charge in [-0.25, -0.2) is 4.68 Å². The number of aromatic nitrogens is 3. The van der Waals surface area contributed by atoms with E-state index < -0.39 is 0 Å². The molecule has 3 rings (SSSR count). The van der Waals surface area contributed by atoms with Gasteiger partial charge in [0.25, 0.3) is 5.56 Å². The summed E-state index contributed by atoms with van der Waals surface area (Å²) in [6, 6.07) is 15.2. The van der Waals surface area contributed by atoms with E-state index >= 15 is 0 Å². The maximum absolute atomic E-state index is 12.4. The molecular formula is C19H19N3O2. The summed E-state index contributed by atoms with van der Waals surface area (Å²) in [5.74, 6) is 0.0666. The molecule has 24 heavy (non-hydrogen) atoms. The predicted octanol–water partition coefficient (Wildman–Crippen LogP) is 2.86. The van der Waals surface area contributed by atoms with Crippen LogP contribution >= 0.6 is 0 Å². The van der Waals surface area contributed by atoms with Gasteiger partial charge in [-0.2, -0.15) is 0 Å². The number of hydrogen-bond acceptors (Lipinski definition) is 4. The Morgan fingerprint density at radius 1 is 1.12 bits per heavy atom. The highest BCUT2D eigenvalue weighted by molar-refractivity contribution is 5.80. The van der Waals surface area contributed by atoms with Crippen molar-refractivity contribution >= 4 is 16.7 Å². The molecule has 0 aliphatic heterocycles. The Bertz CT molecular complexity index is 929. The van der Waals surface area contributed by atoms with Crippen LogP contribution in [0.15, 0.2) is 53.3 Å². The summed E-state index contributed by atoms with van der Waals surface area (Å²) >= 11 is 0. The summed E-state index contributed by atoms with van der Waals surface area (Å²) in [7, 11) is 0. The van der Waals surface area contributed by atoms with Gasteiger partial charge in [0, 0.05) is 6.42 Å². The van der Waals surface area contributed by atoms with Gasteiger partial charge in [0.05, 0.1) is 5.39 Å². The van der Waals surface area contributed by atoms with Crippen LogP contribution in [0.25, 0.3) is 10.9 Å². The topological polar surface area (TPSA) is 64.8 Å². The third-order valence-electron chi connectivity index (χ3n) is 4.14. The summed E-state index contributed by atoms with van der Waals surface area (Å²) in [5.41, 5.74) is 2.57. The van der Waals surface area contributed by atoms with E-state index in [1.54, 1.807) is 24.3 Å². The van der Waals surface area contributed by atoms with Gasteiger partial charge in [0.15, 0.2) is 5.78 Å². The molecule has 0 unspecified atom stereocenters. The van der Waals surface area contributed by atoms with Crippen LogP contribution in [0.1, 0.15) is 30.4 Å². The molecule has 2 aromatic carbocycles. The monoisotopic (exact) mass is 321 g/mol. The Labute approximate surface area is 139 Å². The molecule has 3 aromatic rings. The van der Waals surface area contributed by atoms with E-state index in [-0.39, 0.29) is 23.8 Å². The first-order valence-corrected chi connectivity index (χ1v) is 7.95. The van der Waals surface area contributed by atoms with Gasteiger partial charge in [-0.1, -0.05) is 54.1 Å². The second-order valence-electron chi connectivity index (χ2n) is 6.12. The molecule has 0 spiro atoms. The van der Waals surface area contributed by atoms with E-state index in [2.05, 4.69) is 10.3 Å². The van der Waals surface area contributed by atoms with Crippen LogP contribution in [-0.2, 0) is 11.3 Å². The lowest BCUT2D eigenvalue weighted by Crippen LogP contribution is -2.28. The number of carbonyl (C=O) groups excluding carboxylic acids is 1. The zero-order valence-corrected chi connectivity index (χ0v) is 13.8. The summed E-state index contributed by atoms with van der Waals surface area (Å²) < 4.78 is 1.15. The summed E-state index contributed by atoms with van der Waals surface area (Å²) in [6.07, 6.45) is 0.365. The van der Waals surface area contributed by atoms with Crippen molar-refractivity contribution in [1.82, 2.24) is 15.0 Å². The van der Waals surface area contributed by atoms with E-state index in [9.17, 15) is 9.59 Å². The van der Waals surface area contributed by atoms with Gasteiger partial charge >= 0.3 is 0 Å². The van der Waals surface area contributed by atoms with E-state index in [4.69, 9.17) is 0 Å². The summed E-state index contributed by atoms with van der Waals surface area (Å²) in [4.78, 5) is 24.7. The smallest absolute Gasteiger partial charge is 0.278 e. The summed E-state index contributed by atoms with van der Waals surface area (Å²) in [5, 5.41) is 8.35. The first-order valence-electron chi connectivity index (χ1n) is 7.95. The molecule has 5 heteroatoms. The molecule has 0 fully saturated rings. The molecule has 0 bridgehead atoms. The molecule has 122 valence electrons. The highest BCUT2D eigenvalue weighted by Gasteiger charge is 2.14. The number of fused-ring (bicyclic) bond motifs is 1. The molecule has 0 aliphatic rings. The average molecular weight is 321 g/mol. The number of carbonyl (C=O) groups is 1. The van der Waals surface area contributed by atoms with Crippen LogP contribution in [0, 0.1) is 6.92 Å². The van der Waals surface area contributed by atoms with Crippen molar-refractivity contribution in [3.05, 3.63) is 70.0 Å². The first kappa shape index (κ1) is 16.1. The molecule has 0 N–H and O–H groups in total. The normalized spacial score (nSPS) is 12.2. The number of ketones is 1. The lowest BCUT2D eigenvalue weighted by atomic mass is 9.95. The average Bonchev–Trinajstić information content (AvgIpc) is 2.58. The fraction of sp³-hybridized carbons (Fsp3) is 0.263. The van der Waals surface area contributed by atoms with Gasteiger partial charge in [-0.3, -0.25) is 9.59 Å². The van der Waals surface area contributed by atoms with Crippen LogP contribution in [0.4, 0.5) is 0 Å². The Hall–Kier alpha value is -2.82. The van der Waals surface area contributed by atoms with Crippen molar-refractivity contribution in [2.45, 2.75) is 32.7 Å². The molecule has 5 nitrogen and oxygen atoms in total. The maximum atomic E-state index is 12.4. The second kappa shape index (κ2) is 6.74. The molecule has 1 heterocycles. The van der Waals surface area contributed by atoms with E-state index in [0.717, 1.165) is 10.2 Å². The minimum absolute atomic E-state index is 0.0326. The number of Topliss-reactive ketones (excluding diaryl/α,β-unsaturated/α-hetero) is 1. The molecule has 0 saturated carbocycles. The molecule has 0 radical (unpaired) electrons. The Morgan fingerprint density at radius 3 is 2.58 bits per heavy atom. The van der Waals surface area contributed by atoms with Crippen molar-refractivity contribution in [3.63, 3.8) is 0 Å². The van der Waals surface area contributed by atoms with Crippen molar-refractivity contribution in [2.24, 2.45) is 0 Å². The second-order valence-corrected chi connectivity index (χ2v) is 6.12. The molecule has 0 amide bonds. The van der Waals surface area contributed by atoms with Gasteiger partial charge in [0.2, 0.25) is 0 Å². The largest absolute Gasteiger partial charge is 0.298 e. The van der Waals surface area contributed by atoms with Crippen LogP contribution in [0.3, 0.4) is 0 Å². The third kappa shape index (κ3) is 3.40. The third-order valence-corrected chi connectivity index (χ3v) is 4.14. The highest BCUT2D eigenvalue weighted by Crippen LogP contribution is 2.19. The van der Waals surface area contributed by atoms with Gasteiger partial charge in [-0.05, 0) is 30.5 Å². The Kier molecular flexibility index (Phi) is 4.51. The van der Waals surface area contributed by atoms with Crippen LogP contribution in [0.5, 0.6) is 0 Å². The SMILES string of the molecule is Cc1ccc([C@@H](C)CC(=O)Cn2nnc3ccccc3c2=O)cc1. The lowest BCUT2D eigenvalue weighted by Gasteiger charge is -2.11. The molecule has 1 aromatic heterocycles. The lowest BCUT2D eigenvalue weighted by molar-refractivity contribution is -0.120. The van der Waals surface area contributed by atoms with Crippen LogP contribution < -0.4 is 5.56 Å². The number of nitrogens with zero attached hydrogens (tertiary/aromatic N) is 3. The maximum Gasteiger partial charge on any atom is 0.278 e. The van der Waals surface area contributed by atoms with Gasteiger partial charge in [-0.15, -0.1) is 5.10 Å². The number of rotatable bonds is 5. The summed E-state index contributed by atoms with van der Waals surface area (Å²) in [6.45, 7) is 3.99. The van der Waals surface area contributed by atoms with Crippen LogP contribution in [0.2, 0.25) is 0 Å². The Morgan fingerprint density at radius 2 is 1.83 bits per heavy atom. The highest BCUT2D eigenvalue weighted by atomic mass is 16.1. The Balaban J connectivity index is 1.74. The van der Waals surface area contributed by atoms with Crippen LogP contribution in [-0.4, -0.2) is 20.8 Å². The minimum Gasteiger partial charge on any atom is -0.298 e. The quantitative estimate of drug-likeness (QED) is 0.725. The van der Waals surface area contributed by atoms with Crippen molar-refractivity contribution in [2.75, 3.05) is 0 Å². The number of hydrogen-bond donors (Lipinski definition) is 0. The number of aryl methyl sites for hydroxylation is 1. The molecular weight excluding hydrogens is 302 g/mol. The van der Waals surface area contributed by atoms with Crippen molar-refractivity contribution < 1.29 is 4.79 Å². The molecule has 0 aliphatic carbocycles. The first-order chi connectivity index (χ1) is 11.5.